The van der Waals surface area contributed by atoms with Gasteiger partial charge in [-0.05, 0) is 44.5 Å². The monoisotopic (exact) mass is 289 g/mol. The number of aryl methyl sites for hydroxylation is 1. The zero-order valence-electron chi connectivity index (χ0n) is 10.6. The average Bonchev–Trinajstić information content (AvgIpc) is 2.28. The third-order valence-electron chi connectivity index (χ3n) is 2.63. The molecule has 100 valence electrons. The van der Waals surface area contributed by atoms with Crippen LogP contribution in [-0.4, -0.2) is 32.3 Å². The van der Waals surface area contributed by atoms with Crippen LogP contribution in [0.1, 0.15) is 29.8 Å². The minimum atomic E-state index is -3.82. The number of rotatable bonds is 4. The largest absolute Gasteiger partial charge is 0.339 e. The van der Waals surface area contributed by atoms with Gasteiger partial charge in [-0.1, -0.05) is 0 Å². The summed E-state index contributed by atoms with van der Waals surface area (Å²) >= 11 is 0. The highest BCUT2D eigenvalue weighted by Crippen LogP contribution is 2.19. The van der Waals surface area contributed by atoms with Crippen molar-refractivity contribution < 1.29 is 13.2 Å². The van der Waals surface area contributed by atoms with E-state index in [9.17, 15) is 13.2 Å². The Hall–Kier alpha value is -1.07. The highest BCUT2D eigenvalue weighted by molar-refractivity contribution is 8.13. The Morgan fingerprint density at radius 3 is 2.22 bits per heavy atom. The van der Waals surface area contributed by atoms with Gasteiger partial charge in [-0.25, -0.2) is 8.42 Å². The lowest BCUT2D eigenvalue weighted by atomic mass is 10.1. The van der Waals surface area contributed by atoms with E-state index in [2.05, 4.69) is 0 Å². The van der Waals surface area contributed by atoms with Gasteiger partial charge < -0.3 is 4.90 Å². The molecule has 1 aromatic carbocycles. The summed E-state index contributed by atoms with van der Waals surface area (Å²) < 4.78 is 22.6. The zero-order chi connectivity index (χ0) is 13.9. The van der Waals surface area contributed by atoms with Crippen molar-refractivity contribution in [3.63, 3.8) is 0 Å². The normalized spacial score (nSPS) is 11.3. The molecule has 6 heteroatoms. The summed E-state index contributed by atoms with van der Waals surface area (Å²) in [6.07, 6.45) is 0. The molecule has 0 fully saturated rings. The van der Waals surface area contributed by atoms with E-state index in [0.29, 0.717) is 24.2 Å². The summed E-state index contributed by atoms with van der Waals surface area (Å²) in [6.45, 7) is 6.62. The fourth-order valence-electron chi connectivity index (χ4n) is 1.71. The molecule has 0 saturated heterocycles. The number of hydrogen-bond donors (Lipinski definition) is 0. The maximum Gasteiger partial charge on any atom is 0.261 e. The van der Waals surface area contributed by atoms with Crippen molar-refractivity contribution in [1.82, 2.24) is 4.90 Å². The van der Waals surface area contributed by atoms with E-state index in [1.807, 2.05) is 13.8 Å². The number of hydrogen-bond acceptors (Lipinski definition) is 3. The maximum atomic E-state index is 12.1. The molecule has 0 aliphatic heterocycles. The smallest absolute Gasteiger partial charge is 0.261 e. The molecule has 0 unspecified atom stereocenters. The van der Waals surface area contributed by atoms with Gasteiger partial charge in [0, 0.05) is 29.3 Å². The van der Waals surface area contributed by atoms with Gasteiger partial charge in [0.05, 0.1) is 4.90 Å². The van der Waals surface area contributed by atoms with Crippen molar-refractivity contribution in [3.05, 3.63) is 29.3 Å². The fraction of sp³-hybridized carbons (Fsp3) is 0.417. The molecule has 1 amide bonds. The van der Waals surface area contributed by atoms with Gasteiger partial charge in [0.1, 0.15) is 0 Å². The van der Waals surface area contributed by atoms with E-state index in [4.69, 9.17) is 10.7 Å². The van der Waals surface area contributed by atoms with Crippen LogP contribution in [0.5, 0.6) is 0 Å². The molecule has 18 heavy (non-hydrogen) atoms. The predicted octanol–water partition coefficient (Wildman–Crippen LogP) is 2.40. The van der Waals surface area contributed by atoms with E-state index < -0.39 is 9.05 Å². The first-order valence-corrected chi connectivity index (χ1v) is 7.96. The minimum Gasteiger partial charge on any atom is -0.339 e. The van der Waals surface area contributed by atoms with Crippen LogP contribution < -0.4 is 0 Å². The number of halogens is 1. The quantitative estimate of drug-likeness (QED) is 0.800. The van der Waals surface area contributed by atoms with Gasteiger partial charge in [-0.3, -0.25) is 4.79 Å². The van der Waals surface area contributed by atoms with Crippen LogP contribution in [0.2, 0.25) is 0 Å². The van der Waals surface area contributed by atoms with Gasteiger partial charge in [-0.2, -0.15) is 0 Å². The third kappa shape index (κ3) is 3.46. The molecule has 0 aliphatic carbocycles. The lowest BCUT2D eigenvalue weighted by molar-refractivity contribution is 0.0772. The highest BCUT2D eigenvalue weighted by Gasteiger charge is 2.17. The fourth-order valence-corrected chi connectivity index (χ4v) is 2.57. The Morgan fingerprint density at radius 1 is 1.22 bits per heavy atom. The maximum absolute atomic E-state index is 12.1. The standard InChI is InChI=1S/C12H16ClNO3S/c1-4-14(5-2)12(15)10-6-9(3)7-11(8-10)18(13,16)17/h6-8H,4-5H2,1-3H3. The molecule has 0 saturated carbocycles. The number of amides is 1. The summed E-state index contributed by atoms with van der Waals surface area (Å²) in [5.41, 5.74) is 1.03. The molecule has 0 N–H and O–H groups in total. The Kier molecular flexibility index (Phi) is 4.76. The molecule has 0 heterocycles. The predicted molar refractivity (Wildman–Crippen MR) is 71.5 cm³/mol. The van der Waals surface area contributed by atoms with Crippen LogP contribution in [0, 0.1) is 6.92 Å². The second kappa shape index (κ2) is 5.71. The minimum absolute atomic E-state index is 0.0420. The Labute approximate surface area is 112 Å². The van der Waals surface area contributed by atoms with E-state index in [1.54, 1.807) is 17.9 Å². The molecule has 0 bridgehead atoms. The van der Waals surface area contributed by atoms with Crippen molar-refractivity contribution in [2.45, 2.75) is 25.7 Å². The molecular weight excluding hydrogens is 274 g/mol. The van der Waals surface area contributed by atoms with Crippen LogP contribution >= 0.6 is 10.7 Å². The molecular formula is C12H16ClNO3S. The first kappa shape index (κ1) is 15.0. The average molecular weight is 290 g/mol. The topological polar surface area (TPSA) is 54.5 Å². The second-order valence-corrected chi connectivity index (χ2v) is 6.52. The molecule has 0 aliphatic rings. The lowest BCUT2D eigenvalue weighted by Gasteiger charge is -2.19. The summed E-state index contributed by atoms with van der Waals surface area (Å²) in [4.78, 5) is 13.7. The van der Waals surface area contributed by atoms with Crippen molar-refractivity contribution in [1.29, 1.82) is 0 Å². The molecule has 0 radical (unpaired) electrons. The number of carbonyl (C=O) groups excluding carboxylic acids is 1. The molecule has 0 atom stereocenters. The summed E-state index contributed by atoms with van der Waals surface area (Å²) in [5.74, 6) is -0.190. The van der Waals surface area contributed by atoms with Gasteiger partial charge in [0.15, 0.2) is 0 Å². The molecule has 0 spiro atoms. The van der Waals surface area contributed by atoms with Crippen molar-refractivity contribution in [3.8, 4) is 0 Å². The van der Waals surface area contributed by atoms with E-state index in [1.165, 1.54) is 12.1 Å². The van der Waals surface area contributed by atoms with Crippen molar-refractivity contribution in [2.75, 3.05) is 13.1 Å². The van der Waals surface area contributed by atoms with Gasteiger partial charge in [-0.15, -0.1) is 0 Å². The van der Waals surface area contributed by atoms with Crippen LogP contribution in [0.15, 0.2) is 23.1 Å². The first-order chi connectivity index (χ1) is 8.29. The number of benzene rings is 1. The van der Waals surface area contributed by atoms with Crippen LogP contribution in [-0.2, 0) is 9.05 Å². The Morgan fingerprint density at radius 2 is 1.78 bits per heavy atom. The third-order valence-corrected chi connectivity index (χ3v) is 3.96. The molecule has 0 aromatic heterocycles. The lowest BCUT2D eigenvalue weighted by Crippen LogP contribution is -2.30. The molecule has 1 aromatic rings. The SMILES string of the molecule is CCN(CC)C(=O)c1cc(C)cc(S(=O)(=O)Cl)c1. The highest BCUT2D eigenvalue weighted by atomic mass is 35.7. The van der Waals surface area contributed by atoms with Crippen LogP contribution in [0.25, 0.3) is 0 Å². The van der Waals surface area contributed by atoms with E-state index in [0.717, 1.165) is 0 Å². The van der Waals surface area contributed by atoms with Gasteiger partial charge in [0.25, 0.3) is 15.0 Å². The number of carbonyl (C=O) groups is 1. The molecule has 1 rings (SSSR count). The Bertz CT molecular complexity index is 550. The van der Waals surface area contributed by atoms with E-state index in [-0.39, 0.29) is 10.8 Å². The summed E-state index contributed by atoms with van der Waals surface area (Å²) in [7, 11) is 1.48. The summed E-state index contributed by atoms with van der Waals surface area (Å²) in [5, 5.41) is 0. The number of nitrogens with zero attached hydrogens (tertiary/aromatic N) is 1. The van der Waals surface area contributed by atoms with Crippen molar-refractivity contribution in [2.24, 2.45) is 0 Å². The van der Waals surface area contributed by atoms with Gasteiger partial charge in [0.2, 0.25) is 0 Å². The summed E-state index contributed by atoms with van der Waals surface area (Å²) in [6, 6.07) is 4.42. The first-order valence-electron chi connectivity index (χ1n) is 5.65. The Balaban J connectivity index is 3.26. The van der Waals surface area contributed by atoms with Crippen molar-refractivity contribution >= 4 is 25.6 Å². The van der Waals surface area contributed by atoms with Gasteiger partial charge >= 0.3 is 0 Å². The molecule has 4 nitrogen and oxygen atoms in total. The van der Waals surface area contributed by atoms with Crippen LogP contribution in [0.3, 0.4) is 0 Å². The van der Waals surface area contributed by atoms with E-state index >= 15 is 0 Å². The zero-order valence-corrected chi connectivity index (χ0v) is 12.2. The second-order valence-electron chi connectivity index (χ2n) is 3.95. The van der Waals surface area contributed by atoms with Crippen LogP contribution in [0.4, 0.5) is 0 Å².